The minimum Gasteiger partial charge on any atom is -0.384 e. The largest absolute Gasteiger partial charge is 0.384 e. The molecule has 0 spiro atoms. The van der Waals surface area contributed by atoms with Crippen molar-refractivity contribution in [2.24, 2.45) is 11.7 Å². The van der Waals surface area contributed by atoms with Crippen LogP contribution in [0.5, 0.6) is 0 Å². The summed E-state index contributed by atoms with van der Waals surface area (Å²) in [5, 5.41) is 0. The Balaban J connectivity index is 2.49. The van der Waals surface area contributed by atoms with Gasteiger partial charge in [-0.05, 0) is 31.7 Å². The average molecular weight is 256 g/mol. The topological polar surface area (TPSA) is 55.6 Å². The number of nitrogens with two attached hydrogens (primary N) is 1. The Bertz CT molecular complexity index is 240. The molecule has 0 aliphatic heterocycles. The predicted octanol–water partition coefficient (Wildman–Crippen LogP) is 1.78. The summed E-state index contributed by atoms with van der Waals surface area (Å²) in [4.78, 5) is 14.4. The molecular weight excluding hydrogens is 228 g/mol. The third-order valence-corrected chi connectivity index (χ3v) is 3.66. The van der Waals surface area contributed by atoms with Gasteiger partial charge in [-0.25, -0.2) is 0 Å². The molecule has 1 rings (SSSR count). The molecule has 1 saturated carbocycles. The van der Waals surface area contributed by atoms with Crippen LogP contribution < -0.4 is 5.73 Å². The zero-order valence-electron chi connectivity index (χ0n) is 11.9. The van der Waals surface area contributed by atoms with Gasteiger partial charge in [0.15, 0.2) is 0 Å². The lowest BCUT2D eigenvalue weighted by Crippen LogP contribution is -2.41. The molecule has 0 saturated heterocycles. The molecule has 0 bridgehead atoms. The third-order valence-electron chi connectivity index (χ3n) is 3.66. The average Bonchev–Trinajstić information content (AvgIpc) is 2.83. The standard InChI is InChI=1S/C14H28N2O2/c1-12(11-18-2)10-14(17)16(9-5-8-15)13-6-3-4-7-13/h12-13H,3-11,15H2,1-2H3. The number of rotatable bonds is 8. The maximum absolute atomic E-state index is 12.4. The van der Waals surface area contributed by atoms with Crippen LogP contribution in [-0.4, -0.2) is 43.7 Å². The second-order valence-corrected chi connectivity index (χ2v) is 5.43. The lowest BCUT2D eigenvalue weighted by Gasteiger charge is -2.30. The third kappa shape index (κ3) is 4.94. The lowest BCUT2D eigenvalue weighted by molar-refractivity contribution is -0.134. The number of carbonyl (C=O) groups excluding carboxylic acids is 1. The summed E-state index contributed by atoms with van der Waals surface area (Å²) < 4.78 is 5.10. The minimum absolute atomic E-state index is 0.278. The molecule has 4 nitrogen and oxygen atoms in total. The van der Waals surface area contributed by atoms with E-state index in [0.29, 0.717) is 31.5 Å². The van der Waals surface area contributed by atoms with Crippen LogP contribution in [0.2, 0.25) is 0 Å². The van der Waals surface area contributed by atoms with E-state index in [2.05, 4.69) is 11.8 Å². The molecule has 1 aliphatic carbocycles. The molecule has 1 amide bonds. The van der Waals surface area contributed by atoms with Crippen molar-refractivity contribution in [1.82, 2.24) is 4.90 Å². The van der Waals surface area contributed by atoms with Crippen molar-refractivity contribution in [3.63, 3.8) is 0 Å². The SMILES string of the molecule is COCC(C)CC(=O)N(CCCN)C1CCCC1. The number of carbonyl (C=O) groups is 1. The molecule has 1 aliphatic rings. The molecule has 4 heteroatoms. The fourth-order valence-electron chi connectivity index (χ4n) is 2.75. The summed E-state index contributed by atoms with van der Waals surface area (Å²) in [6.07, 6.45) is 6.33. The van der Waals surface area contributed by atoms with Gasteiger partial charge in [-0.2, -0.15) is 0 Å². The Hall–Kier alpha value is -0.610. The van der Waals surface area contributed by atoms with Crippen molar-refractivity contribution in [3.05, 3.63) is 0 Å². The van der Waals surface area contributed by atoms with Crippen LogP contribution in [-0.2, 0) is 9.53 Å². The Kier molecular flexibility index (Phi) is 7.28. The van der Waals surface area contributed by atoms with Crippen molar-refractivity contribution in [2.45, 2.75) is 51.5 Å². The first kappa shape index (κ1) is 15.4. The van der Waals surface area contributed by atoms with E-state index in [1.54, 1.807) is 7.11 Å². The monoisotopic (exact) mass is 256 g/mol. The fraction of sp³-hybridized carbons (Fsp3) is 0.929. The number of methoxy groups -OCH3 is 1. The van der Waals surface area contributed by atoms with E-state index in [1.165, 1.54) is 12.8 Å². The highest BCUT2D eigenvalue weighted by Crippen LogP contribution is 2.24. The Labute approximate surface area is 111 Å². The number of hydrogen-bond donors (Lipinski definition) is 1. The first-order valence-corrected chi connectivity index (χ1v) is 7.17. The first-order valence-electron chi connectivity index (χ1n) is 7.17. The Morgan fingerprint density at radius 3 is 2.67 bits per heavy atom. The molecule has 1 fully saturated rings. The molecule has 2 N–H and O–H groups in total. The predicted molar refractivity (Wildman–Crippen MR) is 73.3 cm³/mol. The van der Waals surface area contributed by atoms with Gasteiger partial charge in [0.05, 0.1) is 0 Å². The number of ether oxygens (including phenoxy) is 1. The van der Waals surface area contributed by atoms with Crippen molar-refractivity contribution in [1.29, 1.82) is 0 Å². The van der Waals surface area contributed by atoms with Gasteiger partial charge in [-0.3, -0.25) is 4.79 Å². The normalized spacial score (nSPS) is 17.9. The van der Waals surface area contributed by atoms with Crippen LogP contribution in [0.1, 0.15) is 45.4 Å². The van der Waals surface area contributed by atoms with E-state index in [-0.39, 0.29) is 5.91 Å². The molecule has 0 aromatic carbocycles. The van der Waals surface area contributed by atoms with Crippen molar-refractivity contribution >= 4 is 5.91 Å². The second-order valence-electron chi connectivity index (χ2n) is 5.43. The van der Waals surface area contributed by atoms with E-state index in [4.69, 9.17) is 10.5 Å². The molecule has 1 atom stereocenters. The van der Waals surface area contributed by atoms with E-state index in [0.717, 1.165) is 25.8 Å². The zero-order chi connectivity index (χ0) is 13.4. The van der Waals surface area contributed by atoms with E-state index in [9.17, 15) is 4.79 Å². The van der Waals surface area contributed by atoms with Crippen molar-refractivity contribution < 1.29 is 9.53 Å². The summed E-state index contributed by atoms with van der Waals surface area (Å²) in [5.74, 6) is 0.573. The second kappa shape index (κ2) is 8.48. The van der Waals surface area contributed by atoms with Crippen molar-refractivity contribution in [2.75, 3.05) is 26.8 Å². The summed E-state index contributed by atoms with van der Waals surface area (Å²) >= 11 is 0. The van der Waals surface area contributed by atoms with Gasteiger partial charge in [0.1, 0.15) is 0 Å². The summed E-state index contributed by atoms with van der Waals surface area (Å²) in [7, 11) is 1.68. The van der Waals surface area contributed by atoms with Crippen LogP contribution >= 0.6 is 0 Å². The van der Waals surface area contributed by atoms with Gasteiger partial charge in [0.25, 0.3) is 0 Å². The van der Waals surface area contributed by atoms with Crippen molar-refractivity contribution in [3.8, 4) is 0 Å². The summed E-state index contributed by atoms with van der Waals surface area (Å²) in [6, 6.07) is 0.457. The smallest absolute Gasteiger partial charge is 0.223 e. The van der Waals surface area contributed by atoms with Crippen LogP contribution in [0.15, 0.2) is 0 Å². The van der Waals surface area contributed by atoms with Gasteiger partial charge in [0, 0.05) is 32.7 Å². The van der Waals surface area contributed by atoms with E-state index >= 15 is 0 Å². The first-order chi connectivity index (χ1) is 8.69. The highest BCUT2D eigenvalue weighted by molar-refractivity contribution is 5.76. The maximum Gasteiger partial charge on any atom is 0.223 e. The summed E-state index contributed by atoms with van der Waals surface area (Å²) in [6.45, 7) is 4.20. The highest BCUT2D eigenvalue weighted by atomic mass is 16.5. The number of amides is 1. The van der Waals surface area contributed by atoms with Crippen LogP contribution in [0.25, 0.3) is 0 Å². The van der Waals surface area contributed by atoms with Gasteiger partial charge in [-0.1, -0.05) is 19.8 Å². The lowest BCUT2D eigenvalue weighted by atomic mass is 10.1. The van der Waals surface area contributed by atoms with E-state index in [1.807, 2.05) is 0 Å². The molecule has 18 heavy (non-hydrogen) atoms. The number of nitrogens with zero attached hydrogens (tertiary/aromatic N) is 1. The molecular formula is C14H28N2O2. The van der Waals surface area contributed by atoms with Crippen LogP contribution in [0.3, 0.4) is 0 Å². The molecule has 0 heterocycles. The quantitative estimate of drug-likeness (QED) is 0.720. The number of hydrogen-bond acceptors (Lipinski definition) is 3. The maximum atomic E-state index is 12.4. The molecule has 106 valence electrons. The van der Waals surface area contributed by atoms with Gasteiger partial charge in [-0.15, -0.1) is 0 Å². The summed E-state index contributed by atoms with van der Waals surface area (Å²) in [5.41, 5.74) is 5.57. The van der Waals surface area contributed by atoms with Crippen LogP contribution in [0, 0.1) is 5.92 Å². The highest BCUT2D eigenvalue weighted by Gasteiger charge is 2.26. The Morgan fingerprint density at radius 1 is 1.44 bits per heavy atom. The molecule has 0 aromatic rings. The fourth-order valence-corrected chi connectivity index (χ4v) is 2.75. The van der Waals surface area contributed by atoms with Gasteiger partial charge in [0.2, 0.25) is 5.91 Å². The van der Waals surface area contributed by atoms with E-state index < -0.39 is 0 Å². The van der Waals surface area contributed by atoms with Gasteiger partial charge >= 0.3 is 0 Å². The molecule has 0 radical (unpaired) electrons. The molecule has 1 unspecified atom stereocenters. The molecule has 0 aromatic heterocycles. The Morgan fingerprint density at radius 2 is 2.11 bits per heavy atom. The van der Waals surface area contributed by atoms with Gasteiger partial charge < -0.3 is 15.4 Å². The minimum atomic E-state index is 0.278. The van der Waals surface area contributed by atoms with Crippen LogP contribution in [0.4, 0.5) is 0 Å². The zero-order valence-corrected chi connectivity index (χ0v) is 11.9.